The highest BCUT2D eigenvalue weighted by Crippen LogP contribution is 2.63. The zero-order chi connectivity index (χ0) is 32.0. The summed E-state index contributed by atoms with van der Waals surface area (Å²) in [7, 11) is 1.37. The van der Waals surface area contributed by atoms with Crippen molar-refractivity contribution in [3.63, 3.8) is 0 Å². The number of anilines is 1. The number of phenolic OH excluding ortho intramolecular Hbond substituents is 1. The minimum Gasteiger partial charge on any atom is -0.507 e. The molecule has 1 aliphatic heterocycles. The van der Waals surface area contributed by atoms with Crippen LogP contribution in [0.1, 0.15) is 55.5 Å². The van der Waals surface area contributed by atoms with Crippen LogP contribution in [-0.4, -0.2) is 51.8 Å². The number of methoxy groups -OCH3 is 1. The number of carbonyl (C=O) groups is 5. The smallest absolute Gasteiger partial charge is 0.339 e. The minimum absolute atomic E-state index is 0.00292. The largest absolute Gasteiger partial charge is 0.507 e. The van der Waals surface area contributed by atoms with Crippen molar-refractivity contribution in [2.24, 2.45) is 29.1 Å². The van der Waals surface area contributed by atoms with Gasteiger partial charge in [-0.25, -0.2) is 9.69 Å². The van der Waals surface area contributed by atoms with Crippen LogP contribution in [0.4, 0.5) is 5.69 Å². The number of carboxylic acid groups (broad SMARTS) is 1. The summed E-state index contributed by atoms with van der Waals surface area (Å²) < 4.78 is 5.37. The summed E-state index contributed by atoms with van der Waals surface area (Å²) in [6, 6.07) is 6.64. The molecule has 228 valence electrons. The van der Waals surface area contributed by atoms with E-state index in [1.54, 1.807) is 32.9 Å². The number of rotatable bonds is 4. The van der Waals surface area contributed by atoms with E-state index in [0.717, 1.165) is 22.6 Å². The highest BCUT2D eigenvalue weighted by atomic mass is 35.5. The van der Waals surface area contributed by atoms with E-state index in [1.165, 1.54) is 13.2 Å². The van der Waals surface area contributed by atoms with Gasteiger partial charge in [-0.1, -0.05) is 30.2 Å². The third kappa shape index (κ3) is 3.89. The van der Waals surface area contributed by atoms with E-state index in [0.29, 0.717) is 16.7 Å². The Bertz CT molecular complexity index is 1770. The second-order valence-electron chi connectivity index (χ2n) is 12.2. The zero-order valence-corrected chi connectivity index (χ0v) is 25.1. The van der Waals surface area contributed by atoms with E-state index in [1.807, 2.05) is 6.08 Å². The van der Waals surface area contributed by atoms with Gasteiger partial charge in [-0.15, -0.1) is 0 Å². The van der Waals surface area contributed by atoms with Crippen molar-refractivity contribution in [2.75, 3.05) is 12.0 Å². The number of halogens is 1. The molecule has 3 aliphatic carbocycles. The molecule has 1 saturated heterocycles. The maximum atomic E-state index is 14.1. The van der Waals surface area contributed by atoms with Gasteiger partial charge in [0.1, 0.15) is 11.3 Å². The van der Waals surface area contributed by atoms with Crippen LogP contribution >= 0.6 is 11.6 Å². The number of amides is 2. The predicted molar refractivity (Wildman–Crippen MR) is 158 cm³/mol. The number of carbonyl (C=O) groups excluding carboxylic acids is 4. The van der Waals surface area contributed by atoms with Gasteiger partial charge >= 0.3 is 5.97 Å². The van der Waals surface area contributed by atoms with Crippen molar-refractivity contribution in [3.8, 4) is 17.2 Å². The van der Waals surface area contributed by atoms with Crippen molar-refractivity contribution < 1.29 is 44.0 Å². The number of Topliss-reactive ketones (excluding diaryl/α,β-unsaturated/α-hetero) is 2. The van der Waals surface area contributed by atoms with E-state index in [4.69, 9.17) is 16.3 Å². The lowest BCUT2D eigenvalue weighted by Gasteiger charge is -2.54. The normalized spacial score (nSPS) is 29.7. The van der Waals surface area contributed by atoms with Crippen LogP contribution in [0.5, 0.6) is 17.2 Å². The topological polar surface area (TPSA) is 159 Å². The summed E-state index contributed by atoms with van der Waals surface area (Å²) in [5.74, 6) is -7.28. The Morgan fingerprint density at radius 3 is 2.36 bits per heavy atom. The summed E-state index contributed by atoms with van der Waals surface area (Å²) in [4.78, 5) is 68.3. The summed E-state index contributed by atoms with van der Waals surface area (Å²) in [6.07, 6.45) is 2.23. The fourth-order valence-corrected chi connectivity index (χ4v) is 8.19. The van der Waals surface area contributed by atoms with E-state index in [9.17, 15) is 39.3 Å². The average Bonchev–Trinajstić information content (AvgIpc) is 3.24. The number of aromatic carboxylic acids is 1. The Labute approximate surface area is 257 Å². The summed E-state index contributed by atoms with van der Waals surface area (Å²) in [5.41, 5.74) is 0.422. The van der Waals surface area contributed by atoms with E-state index in [-0.39, 0.29) is 52.2 Å². The summed E-state index contributed by atoms with van der Waals surface area (Å²) in [6.45, 7) is 5.02. The maximum absolute atomic E-state index is 14.1. The molecule has 2 fully saturated rings. The number of aromatic hydroxyl groups is 2. The number of phenols is 2. The van der Waals surface area contributed by atoms with Gasteiger partial charge in [0.05, 0.1) is 35.1 Å². The van der Waals surface area contributed by atoms with E-state index in [2.05, 4.69) is 0 Å². The van der Waals surface area contributed by atoms with Crippen LogP contribution in [0.2, 0.25) is 5.02 Å². The molecule has 0 aromatic heterocycles. The third-order valence-corrected chi connectivity index (χ3v) is 10.5. The van der Waals surface area contributed by atoms with Crippen LogP contribution in [0.25, 0.3) is 0 Å². The zero-order valence-electron chi connectivity index (χ0n) is 24.4. The number of nitrogens with zero attached hydrogens (tertiary/aromatic N) is 1. The molecular weight excluding hydrogens is 590 g/mol. The van der Waals surface area contributed by atoms with Gasteiger partial charge < -0.3 is 20.1 Å². The molecule has 11 heteroatoms. The lowest BCUT2D eigenvalue weighted by Crippen LogP contribution is -2.55. The Hall–Kier alpha value is -4.44. The number of hydrogen-bond donors (Lipinski definition) is 3. The van der Waals surface area contributed by atoms with Crippen molar-refractivity contribution >= 4 is 46.6 Å². The molecule has 2 aromatic carbocycles. The average molecular weight is 620 g/mol. The summed E-state index contributed by atoms with van der Waals surface area (Å²) >= 11 is 6.42. The van der Waals surface area contributed by atoms with Crippen molar-refractivity contribution in [1.29, 1.82) is 0 Å². The first-order valence-corrected chi connectivity index (χ1v) is 14.6. The Morgan fingerprint density at radius 1 is 1.02 bits per heavy atom. The van der Waals surface area contributed by atoms with Crippen LogP contribution in [0, 0.1) is 29.1 Å². The lowest BCUT2D eigenvalue weighted by molar-refractivity contribution is -0.142. The molecule has 0 bridgehead atoms. The van der Waals surface area contributed by atoms with Crippen molar-refractivity contribution in [3.05, 3.63) is 69.3 Å². The number of ether oxygens (including phenoxy) is 1. The molecule has 0 spiro atoms. The SMILES string of the molecule is COc1cc([C@H]2C3=CC[C@@H]4C(=O)N(c5ccc(C(=O)O)c(O)c5)C(=O)[C@@H]4[C@@H]3C[C@H]3C(=O)C(C)=C(C)C(=O)[C@@]23C)cc(Cl)c1O. The number of hydrogen-bond acceptors (Lipinski definition) is 8. The number of allylic oxidation sites excluding steroid dienone is 4. The molecule has 1 heterocycles. The maximum Gasteiger partial charge on any atom is 0.339 e. The lowest BCUT2D eigenvalue weighted by atomic mass is 9.46. The van der Waals surface area contributed by atoms with Gasteiger partial charge in [0, 0.05) is 17.9 Å². The molecule has 44 heavy (non-hydrogen) atoms. The molecular formula is C33H30ClNO9. The molecule has 0 radical (unpaired) electrons. The number of fused-ring (bicyclic) bond motifs is 4. The first kappa shape index (κ1) is 29.6. The molecule has 6 rings (SSSR count). The number of imide groups is 1. The van der Waals surface area contributed by atoms with Crippen molar-refractivity contribution in [2.45, 2.75) is 39.5 Å². The van der Waals surface area contributed by atoms with Gasteiger partial charge in [-0.05, 0) is 73.6 Å². The van der Waals surface area contributed by atoms with E-state index >= 15 is 0 Å². The number of carboxylic acids is 1. The highest BCUT2D eigenvalue weighted by Gasteiger charge is 2.64. The second-order valence-corrected chi connectivity index (χ2v) is 12.6. The van der Waals surface area contributed by atoms with E-state index < -0.39 is 58.5 Å². The molecule has 6 atom stereocenters. The molecule has 4 aliphatic rings. The molecule has 1 saturated carbocycles. The van der Waals surface area contributed by atoms with Gasteiger partial charge in [0.25, 0.3) is 0 Å². The predicted octanol–water partition coefficient (Wildman–Crippen LogP) is 4.81. The third-order valence-electron chi connectivity index (χ3n) is 10.2. The minimum atomic E-state index is -1.36. The molecule has 10 nitrogen and oxygen atoms in total. The van der Waals surface area contributed by atoms with Crippen molar-refractivity contribution in [1.82, 2.24) is 0 Å². The van der Waals surface area contributed by atoms with Crippen LogP contribution < -0.4 is 9.64 Å². The van der Waals surface area contributed by atoms with Gasteiger partial charge in [-0.3, -0.25) is 19.2 Å². The fraction of sp³-hybridized carbons (Fsp3) is 0.364. The standard InChI is InChI=1S/C33H30ClNO9/c1-13-14(2)29(39)33(3)21(27(13)37)12-20-17(26(33)15-9-22(34)28(38)24(10-15)44-4)7-8-19-25(20)31(41)35(30(19)40)16-5-6-18(32(42)43)23(36)11-16/h5-7,9-11,19-21,25-26,36,38H,8,12H2,1-4H3,(H,42,43)/t19-,20+,21-,25-,26-,33+/m0/s1. The second kappa shape index (κ2) is 10.1. The van der Waals surface area contributed by atoms with Crippen LogP contribution in [-0.2, 0) is 19.2 Å². The number of benzene rings is 2. The van der Waals surface area contributed by atoms with Gasteiger partial charge in [0.2, 0.25) is 11.8 Å². The first-order valence-electron chi connectivity index (χ1n) is 14.2. The first-order chi connectivity index (χ1) is 20.7. The monoisotopic (exact) mass is 619 g/mol. The quantitative estimate of drug-likeness (QED) is 0.322. The van der Waals surface area contributed by atoms with Gasteiger partial charge in [-0.2, -0.15) is 0 Å². The highest BCUT2D eigenvalue weighted by molar-refractivity contribution is 6.32. The fourth-order valence-electron chi connectivity index (χ4n) is 7.97. The summed E-state index contributed by atoms with van der Waals surface area (Å²) in [5, 5.41) is 30.1. The molecule has 3 N–H and O–H groups in total. The van der Waals surface area contributed by atoms with Crippen LogP contribution in [0.3, 0.4) is 0 Å². The molecule has 2 amide bonds. The number of ketones is 2. The Kier molecular flexibility index (Phi) is 6.77. The van der Waals surface area contributed by atoms with Crippen LogP contribution in [0.15, 0.2) is 53.1 Å². The van der Waals surface area contributed by atoms with Gasteiger partial charge in [0.15, 0.2) is 23.1 Å². The molecule has 2 aromatic rings. The Balaban J connectivity index is 1.51. The molecule has 0 unspecified atom stereocenters. The Morgan fingerprint density at radius 2 is 1.73 bits per heavy atom.